The highest BCUT2D eigenvalue weighted by Gasteiger charge is 2.00. The van der Waals surface area contributed by atoms with Crippen LogP contribution in [0.5, 0.6) is 0 Å². The van der Waals surface area contributed by atoms with E-state index in [1.54, 1.807) is 13.3 Å². The monoisotopic (exact) mass is 410 g/mol. The Morgan fingerprint density at radius 2 is 2.00 bits per heavy atom. The Labute approximate surface area is 147 Å². The highest BCUT2D eigenvalue weighted by atomic mass is 127. The Morgan fingerprint density at radius 1 is 1.23 bits per heavy atom. The van der Waals surface area contributed by atoms with Crippen LogP contribution in [0.15, 0.2) is 52.1 Å². The van der Waals surface area contributed by atoms with E-state index in [2.05, 4.69) is 21.7 Å². The number of rotatable bonds is 5. The molecule has 0 bridgehead atoms. The molecule has 0 atom stereocenters. The second kappa shape index (κ2) is 9.84. The van der Waals surface area contributed by atoms with Crippen molar-refractivity contribution in [2.75, 3.05) is 13.6 Å². The highest BCUT2D eigenvalue weighted by molar-refractivity contribution is 14.0. The molecule has 0 saturated heterocycles. The minimum absolute atomic E-state index is 0. The fourth-order valence-electron chi connectivity index (χ4n) is 1.86. The summed E-state index contributed by atoms with van der Waals surface area (Å²) in [4.78, 5) is 4.17. The molecule has 0 aliphatic rings. The smallest absolute Gasteiger partial charge is 0.191 e. The van der Waals surface area contributed by atoms with E-state index < -0.39 is 0 Å². The molecule has 5 nitrogen and oxygen atoms in total. The van der Waals surface area contributed by atoms with Gasteiger partial charge in [-0.25, -0.2) is 0 Å². The van der Waals surface area contributed by atoms with Gasteiger partial charge < -0.3 is 15.1 Å². The molecule has 0 saturated carbocycles. The van der Waals surface area contributed by atoms with Gasteiger partial charge in [-0.05, 0) is 29.8 Å². The minimum atomic E-state index is 0. The minimum Gasteiger partial charge on any atom is -0.469 e. The fraction of sp³-hybridized carbons (Fsp3) is 0.250. The van der Waals surface area contributed by atoms with Crippen LogP contribution in [0.2, 0.25) is 0 Å². The van der Waals surface area contributed by atoms with Crippen LogP contribution in [0, 0.1) is 11.3 Å². The van der Waals surface area contributed by atoms with E-state index in [1.807, 2.05) is 36.4 Å². The Morgan fingerprint density at radius 3 is 2.59 bits per heavy atom. The summed E-state index contributed by atoms with van der Waals surface area (Å²) in [6.07, 6.45) is 2.48. The summed E-state index contributed by atoms with van der Waals surface area (Å²) in [6.45, 7) is 1.41. The molecule has 2 rings (SSSR count). The molecule has 0 amide bonds. The molecule has 22 heavy (non-hydrogen) atoms. The second-order valence-corrected chi connectivity index (χ2v) is 4.49. The lowest BCUT2D eigenvalue weighted by atomic mass is 10.1. The van der Waals surface area contributed by atoms with E-state index >= 15 is 0 Å². The van der Waals surface area contributed by atoms with Crippen LogP contribution in [-0.2, 0) is 13.0 Å². The van der Waals surface area contributed by atoms with Gasteiger partial charge in [0.2, 0.25) is 0 Å². The summed E-state index contributed by atoms with van der Waals surface area (Å²) >= 11 is 0. The molecular weight excluding hydrogens is 391 g/mol. The van der Waals surface area contributed by atoms with Crippen molar-refractivity contribution < 1.29 is 4.42 Å². The van der Waals surface area contributed by atoms with Crippen LogP contribution >= 0.6 is 24.0 Å². The highest BCUT2D eigenvalue weighted by Crippen LogP contribution is 2.03. The molecule has 2 aromatic rings. The van der Waals surface area contributed by atoms with Crippen LogP contribution in [0.25, 0.3) is 0 Å². The van der Waals surface area contributed by atoms with Gasteiger partial charge in [-0.15, -0.1) is 24.0 Å². The van der Waals surface area contributed by atoms with E-state index in [-0.39, 0.29) is 24.0 Å². The number of nitrogens with one attached hydrogen (secondary N) is 2. The Bertz CT molecular complexity index is 615. The summed E-state index contributed by atoms with van der Waals surface area (Å²) in [7, 11) is 1.74. The van der Waals surface area contributed by atoms with Gasteiger partial charge in [0.1, 0.15) is 5.76 Å². The second-order valence-electron chi connectivity index (χ2n) is 4.49. The van der Waals surface area contributed by atoms with Gasteiger partial charge in [0.25, 0.3) is 0 Å². The first kappa shape index (κ1) is 18.0. The Hall–Kier alpha value is -2.01. The molecule has 1 aromatic carbocycles. The van der Waals surface area contributed by atoms with Crippen molar-refractivity contribution in [1.82, 2.24) is 10.6 Å². The van der Waals surface area contributed by atoms with E-state index in [4.69, 9.17) is 9.68 Å². The molecule has 1 aromatic heterocycles. The summed E-state index contributed by atoms with van der Waals surface area (Å²) < 4.78 is 5.27. The molecule has 0 spiro atoms. The van der Waals surface area contributed by atoms with Gasteiger partial charge in [-0.3, -0.25) is 4.99 Å². The van der Waals surface area contributed by atoms with Crippen molar-refractivity contribution in [1.29, 1.82) is 5.26 Å². The number of nitriles is 1. The van der Waals surface area contributed by atoms with Gasteiger partial charge in [0.15, 0.2) is 5.96 Å². The lowest BCUT2D eigenvalue weighted by Crippen LogP contribution is -2.37. The van der Waals surface area contributed by atoms with Crippen molar-refractivity contribution in [3.63, 3.8) is 0 Å². The molecule has 116 valence electrons. The zero-order chi connectivity index (χ0) is 14.9. The average molecular weight is 410 g/mol. The van der Waals surface area contributed by atoms with Crippen LogP contribution in [0.1, 0.15) is 16.9 Å². The first-order chi connectivity index (χ1) is 10.3. The van der Waals surface area contributed by atoms with Gasteiger partial charge >= 0.3 is 0 Å². The van der Waals surface area contributed by atoms with Crippen molar-refractivity contribution in [2.24, 2.45) is 4.99 Å². The molecule has 1 heterocycles. The number of furan rings is 1. The lowest BCUT2D eigenvalue weighted by Gasteiger charge is -2.11. The quantitative estimate of drug-likeness (QED) is 0.452. The summed E-state index contributed by atoms with van der Waals surface area (Å²) in [5.74, 6) is 1.69. The molecule has 0 aliphatic carbocycles. The number of hydrogen-bond donors (Lipinski definition) is 2. The molecule has 6 heteroatoms. The zero-order valence-electron chi connectivity index (χ0n) is 12.4. The summed E-state index contributed by atoms with van der Waals surface area (Å²) in [5.41, 5.74) is 1.77. The Balaban J connectivity index is 0.00000242. The largest absolute Gasteiger partial charge is 0.469 e. The fourth-order valence-corrected chi connectivity index (χ4v) is 1.86. The van der Waals surface area contributed by atoms with Crippen LogP contribution < -0.4 is 10.6 Å². The first-order valence-corrected chi connectivity index (χ1v) is 6.78. The molecular formula is C16H19IN4O. The van der Waals surface area contributed by atoms with E-state index in [9.17, 15) is 0 Å². The Kier molecular flexibility index (Phi) is 8.07. The topological polar surface area (TPSA) is 73.3 Å². The third-order valence-corrected chi connectivity index (χ3v) is 3.01. The van der Waals surface area contributed by atoms with Gasteiger partial charge in [-0.1, -0.05) is 12.1 Å². The standard InChI is InChI=1S/C16H18N4O.HI/c1-18-16(19-9-8-15-3-2-10-21-15)20-12-14-6-4-13(11-17)5-7-14;/h2-7,10H,8-9,12H2,1H3,(H2,18,19,20);1H. The number of guanidine groups is 1. The summed E-state index contributed by atoms with van der Waals surface area (Å²) in [5, 5.41) is 15.2. The SMILES string of the molecule is CN=C(NCCc1ccco1)NCc1ccc(C#N)cc1.I. The normalized spacial score (nSPS) is 10.5. The molecule has 0 aliphatic heterocycles. The summed E-state index contributed by atoms with van der Waals surface area (Å²) in [6, 6.07) is 13.4. The number of halogens is 1. The number of benzene rings is 1. The predicted octanol–water partition coefficient (Wildman–Crippen LogP) is 2.68. The van der Waals surface area contributed by atoms with Crippen molar-refractivity contribution in [3.05, 3.63) is 59.5 Å². The third-order valence-electron chi connectivity index (χ3n) is 3.01. The van der Waals surface area contributed by atoms with E-state index in [0.29, 0.717) is 12.1 Å². The molecule has 0 unspecified atom stereocenters. The van der Waals surface area contributed by atoms with Crippen LogP contribution in [0.4, 0.5) is 0 Å². The third kappa shape index (κ3) is 5.77. The van der Waals surface area contributed by atoms with Crippen molar-refractivity contribution in [2.45, 2.75) is 13.0 Å². The molecule has 0 radical (unpaired) electrons. The first-order valence-electron chi connectivity index (χ1n) is 6.78. The van der Waals surface area contributed by atoms with E-state index in [0.717, 1.165) is 30.2 Å². The van der Waals surface area contributed by atoms with Crippen molar-refractivity contribution >= 4 is 29.9 Å². The zero-order valence-corrected chi connectivity index (χ0v) is 14.7. The number of hydrogen-bond acceptors (Lipinski definition) is 3. The van der Waals surface area contributed by atoms with E-state index in [1.165, 1.54) is 0 Å². The van der Waals surface area contributed by atoms with Crippen LogP contribution in [-0.4, -0.2) is 19.6 Å². The molecule has 0 fully saturated rings. The van der Waals surface area contributed by atoms with Crippen LogP contribution in [0.3, 0.4) is 0 Å². The maximum atomic E-state index is 8.76. The van der Waals surface area contributed by atoms with Crippen molar-refractivity contribution in [3.8, 4) is 6.07 Å². The van der Waals surface area contributed by atoms with Gasteiger partial charge in [-0.2, -0.15) is 5.26 Å². The molecule has 2 N–H and O–H groups in total. The van der Waals surface area contributed by atoms with Gasteiger partial charge in [0.05, 0.1) is 17.9 Å². The number of nitrogens with zero attached hydrogens (tertiary/aromatic N) is 2. The maximum Gasteiger partial charge on any atom is 0.191 e. The van der Waals surface area contributed by atoms with Gasteiger partial charge in [0, 0.05) is 26.6 Å². The predicted molar refractivity (Wildman–Crippen MR) is 97.2 cm³/mol. The number of aliphatic imine (C=N–C) groups is 1. The lowest BCUT2D eigenvalue weighted by molar-refractivity contribution is 0.507. The average Bonchev–Trinajstić information content (AvgIpc) is 3.04. The maximum absolute atomic E-state index is 8.76.